The number of benzene rings is 1. The first kappa shape index (κ1) is 15.6. The van der Waals surface area contributed by atoms with Crippen molar-refractivity contribution < 1.29 is 19.1 Å². The van der Waals surface area contributed by atoms with Crippen LogP contribution in [-0.4, -0.2) is 25.6 Å². The minimum atomic E-state index is -0.729. The van der Waals surface area contributed by atoms with Gasteiger partial charge in [-0.05, 0) is 25.0 Å². The van der Waals surface area contributed by atoms with Crippen molar-refractivity contribution in [2.75, 3.05) is 13.2 Å². The van der Waals surface area contributed by atoms with Crippen LogP contribution in [0.4, 0.5) is 0 Å². The quantitative estimate of drug-likeness (QED) is 0.550. The van der Waals surface area contributed by atoms with Gasteiger partial charge in [0, 0.05) is 0 Å². The Labute approximate surface area is 113 Å². The summed E-state index contributed by atoms with van der Waals surface area (Å²) in [6.07, 6.45) is 0.994. The van der Waals surface area contributed by atoms with E-state index in [-0.39, 0.29) is 0 Å². The monoisotopic (exact) mass is 267 g/mol. The standard InChI is InChI=1S/C14H21NO4/c1-3-10-17-14(18-11-4-2)15-19-13(16)12-8-6-5-7-9-12/h5-9,14-15H,3-4,10-11H2,1-2H3. The van der Waals surface area contributed by atoms with Gasteiger partial charge in [-0.1, -0.05) is 37.5 Å². The summed E-state index contributed by atoms with van der Waals surface area (Å²) in [5.41, 5.74) is 2.97. The zero-order valence-corrected chi connectivity index (χ0v) is 11.4. The SMILES string of the molecule is CCCOC(NOC(=O)c1ccccc1)OCCC. The first-order valence-corrected chi connectivity index (χ1v) is 6.52. The highest BCUT2D eigenvalue weighted by atomic mass is 16.8. The molecular weight excluding hydrogens is 246 g/mol. The lowest BCUT2D eigenvalue weighted by molar-refractivity contribution is -0.207. The van der Waals surface area contributed by atoms with Gasteiger partial charge in [0.25, 0.3) is 0 Å². The van der Waals surface area contributed by atoms with Crippen molar-refractivity contribution in [1.29, 1.82) is 0 Å². The highest BCUT2D eigenvalue weighted by molar-refractivity contribution is 5.89. The molecule has 0 heterocycles. The Hall–Kier alpha value is -1.43. The molecule has 0 radical (unpaired) electrons. The molecule has 0 saturated heterocycles. The molecule has 0 aliphatic carbocycles. The molecule has 5 heteroatoms. The Kier molecular flexibility index (Phi) is 7.81. The second-order valence-electron chi connectivity index (χ2n) is 3.95. The molecule has 1 rings (SSSR count). The van der Waals surface area contributed by atoms with Crippen molar-refractivity contribution in [3.05, 3.63) is 35.9 Å². The van der Waals surface area contributed by atoms with E-state index >= 15 is 0 Å². The Morgan fingerprint density at radius 3 is 2.21 bits per heavy atom. The Morgan fingerprint density at radius 2 is 1.68 bits per heavy atom. The number of hydrogen-bond donors (Lipinski definition) is 1. The number of hydrogen-bond acceptors (Lipinski definition) is 5. The van der Waals surface area contributed by atoms with Crippen LogP contribution in [0.1, 0.15) is 37.0 Å². The highest BCUT2D eigenvalue weighted by Crippen LogP contribution is 2.01. The molecule has 0 fully saturated rings. The van der Waals surface area contributed by atoms with Crippen molar-refractivity contribution in [3.8, 4) is 0 Å². The number of hydroxylamine groups is 1. The van der Waals surface area contributed by atoms with E-state index in [0.717, 1.165) is 12.8 Å². The van der Waals surface area contributed by atoms with Crippen LogP contribution in [0.25, 0.3) is 0 Å². The Balaban J connectivity index is 2.39. The molecule has 1 N–H and O–H groups in total. The third-order valence-electron chi connectivity index (χ3n) is 2.20. The summed E-state index contributed by atoms with van der Waals surface area (Å²) in [5, 5.41) is 0. The van der Waals surface area contributed by atoms with E-state index in [0.29, 0.717) is 18.8 Å². The molecule has 0 atom stereocenters. The van der Waals surface area contributed by atoms with Gasteiger partial charge in [0.05, 0.1) is 18.8 Å². The lowest BCUT2D eigenvalue weighted by Crippen LogP contribution is -2.36. The van der Waals surface area contributed by atoms with Gasteiger partial charge < -0.3 is 14.3 Å². The van der Waals surface area contributed by atoms with Crippen LogP contribution in [0.3, 0.4) is 0 Å². The number of carbonyl (C=O) groups excluding carboxylic acids is 1. The minimum absolute atomic E-state index is 0.467. The fourth-order valence-corrected chi connectivity index (χ4v) is 1.30. The Morgan fingerprint density at radius 1 is 1.11 bits per heavy atom. The van der Waals surface area contributed by atoms with Crippen LogP contribution < -0.4 is 5.48 Å². The van der Waals surface area contributed by atoms with Crippen LogP contribution >= 0.6 is 0 Å². The zero-order chi connectivity index (χ0) is 13.9. The van der Waals surface area contributed by atoms with E-state index in [4.69, 9.17) is 14.3 Å². The summed E-state index contributed by atoms with van der Waals surface area (Å²) in [4.78, 5) is 16.6. The highest BCUT2D eigenvalue weighted by Gasteiger charge is 2.12. The van der Waals surface area contributed by atoms with Crippen molar-refractivity contribution in [2.45, 2.75) is 33.1 Å². The molecule has 0 amide bonds. The molecule has 19 heavy (non-hydrogen) atoms. The second kappa shape index (κ2) is 9.49. The largest absolute Gasteiger partial charge is 0.362 e. The molecule has 0 bridgehead atoms. The molecule has 5 nitrogen and oxygen atoms in total. The molecule has 1 aromatic rings. The van der Waals surface area contributed by atoms with Gasteiger partial charge in [0.15, 0.2) is 0 Å². The average molecular weight is 267 g/mol. The van der Waals surface area contributed by atoms with E-state index in [9.17, 15) is 4.79 Å². The molecule has 0 aliphatic heterocycles. The first-order chi connectivity index (χ1) is 9.27. The van der Waals surface area contributed by atoms with Crippen molar-refractivity contribution in [2.24, 2.45) is 0 Å². The molecule has 0 aliphatic rings. The van der Waals surface area contributed by atoms with E-state index in [1.807, 2.05) is 19.9 Å². The topological polar surface area (TPSA) is 56.8 Å². The molecule has 0 saturated carbocycles. The average Bonchev–Trinajstić information content (AvgIpc) is 2.47. The lowest BCUT2D eigenvalue weighted by atomic mass is 10.2. The first-order valence-electron chi connectivity index (χ1n) is 6.52. The molecule has 0 spiro atoms. The van der Waals surface area contributed by atoms with Gasteiger partial charge in [-0.3, -0.25) is 0 Å². The summed E-state index contributed by atoms with van der Waals surface area (Å²) in [6.45, 7) is 5.05. The van der Waals surface area contributed by atoms with Gasteiger partial charge in [-0.15, -0.1) is 0 Å². The normalized spacial score (nSPS) is 10.7. The molecule has 106 valence electrons. The number of carbonyl (C=O) groups is 1. The fraction of sp³-hybridized carbons (Fsp3) is 0.500. The molecular formula is C14H21NO4. The summed E-state index contributed by atoms with van der Waals surface area (Å²) in [5.74, 6) is -0.467. The van der Waals surface area contributed by atoms with Gasteiger partial charge in [0.2, 0.25) is 6.41 Å². The summed E-state index contributed by atoms with van der Waals surface area (Å²) < 4.78 is 10.7. The third-order valence-corrected chi connectivity index (χ3v) is 2.20. The lowest BCUT2D eigenvalue weighted by Gasteiger charge is -2.18. The number of rotatable bonds is 9. The molecule has 1 aromatic carbocycles. The van der Waals surface area contributed by atoms with Crippen LogP contribution in [0, 0.1) is 0 Å². The second-order valence-corrected chi connectivity index (χ2v) is 3.95. The van der Waals surface area contributed by atoms with E-state index < -0.39 is 12.4 Å². The van der Waals surface area contributed by atoms with Gasteiger partial charge in [-0.25, -0.2) is 4.79 Å². The smallest absolute Gasteiger partial charge is 0.356 e. The van der Waals surface area contributed by atoms with Crippen LogP contribution in [0.15, 0.2) is 30.3 Å². The van der Waals surface area contributed by atoms with Crippen LogP contribution in [0.5, 0.6) is 0 Å². The Bertz CT molecular complexity index is 348. The van der Waals surface area contributed by atoms with Crippen LogP contribution in [-0.2, 0) is 14.3 Å². The summed E-state index contributed by atoms with van der Waals surface area (Å²) in [6, 6.07) is 8.74. The van der Waals surface area contributed by atoms with E-state index in [2.05, 4.69) is 5.48 Å². The van der Waals surface area contributed by atoms with Crippen molar-refractivity contribution >= 4 is 5.97 Å². The van der Waals surface area contributed by atoms with E-state index in [1.54, 1.807) is 24.3 Å². The minimum Gasteiger partial charge on any atom is -0.362 e. The number of ether oxygens (including phenoxy) is 2. The van der Waals surface area contributed by atoms with Crippen molar-refractivity contribution in [1.82, 2.24) is 5.48 Å². The van der Waals surface area contributed by atoms with Gasteiger partial charge in [0.1, 0.15) is 0 Å². The summed E-state index contributed by atoms with van der Waals surface area (Å²) in [7, 11) is 0. The molecule has 0 unspecified atom stereocenters. The fourth-order valence-electron chi connectivity index (χ4n) is 1.30. The van der Waals surface area contributed by atoms with Crippen LogP contribution in [0.2, 0.25) is 0 Å². The maximum atomic E-state index is 11.7. The van der Waals surface area contributed by atoms with Gasteiger partial charge in [-0.2, -0.15) is 0 Å². The maximum Gasteiger partial charge on any atom is 0.356 e. The maximum absolute atomic E-state index is 11.7. The number of nitrogens with one attached hydrogen (secondary N) is 1. The summed E-state index contributed by atoms with van der Waals surface area (Å²) >= 11 is 0. The zero-order valence-electron chi connectivity index (χ0n) is 11.4. The predicted octanol–water partition coefficient (Wildman–Crippen LogP) is 2.48. The van der Waals surface area contributed by atoms with Crippen molar-refractivity contribution in [3.63, 3.8) is 0 Å². The van der Waals surface area contributed by atoms with E-state index in [1.165, 1.54) is 0 Å². The third kappa shape index (κ3) is 6.33. The molecule has 0 aromatic heterocycles. The van der Waals surface area contributed by atoms with Gasteiger partial charge >= 0.3 is 5.97 Å². The predicted molar refractivity (Wildman–Crippen MR) is 71.3 cm³/mol.